The van der Waals surface area contributed by atoms with E-state index in [0.29, 0.717) is 11.3 Å². The molecule has 0 bridgehead atoms. The number of fused-ring (bicyclic) bond motifs is 2. The Bertz CT molecular complexity index is 1370. The monoisotopic (exact) mass is 411 g/mol. The molecule has 0 aromatic heterocycles. The summed E-state index contributed by atoms with van der Waals surface area (Å²) >= 11 is 0. The van der Waals surface area contributed by atoms with Crippen LogP contribution in [0.4, 0.5) is 22.7 Å². The molecule has 0 unspecified atom stereocenters. The molecule has 5 rings (SSSR count). The molecule has 0 aliphatic carbocycles. The van der Waals surface area contributed by atoms with Crippen LogP contribution in [0.25, 0.3) is 16.0 Å². The van der Waals surface area contributed by atoms with Gasteiger partial charge in [-0.15, -0.1) is 0 Å². The average Bonchev–Trinajstić information content (AvgIpc) is 2.84. The molecule has 3 heteroatoms. The fourth-order valence-electron chi connectivity index (χ4n) is 4.68. The van der Waals surface area contributed by atoms with E-state index < -0.39 is 0 Å². The molecule has 3 nitrogen and oxygen atoms in total. The Morgan fingerprint density at radius 2 is 1.41 bits per heavy atom. The van der Waals surface area contributed by atoms with Crippen molar-refractivity contribution >= 4 is 22.7 Å². The van der Waals surface area contributed by atoms with Crippen molar-refractivity contribution in [2.45, 2.75) is 19.3 Å². The Morgan fingerprint density at radius 3 is 1.97 bits per heavy atom. The molecular formula is C29H21N3. The highest BCUT2D eigenvalue weighted by atomic mass is 15.2. The van der Waals surface area contributed by atoms with Crippen molar-refractivity contribution in [2.24, 2.45) is 0 Å². The van der Waals surface area contributed by atoms with Crippen LogP contribution < -0.4 is 4.90 Å². The zero-order valence-corrected chi connectivity index (χ0v) is 18.0. The van der Waals surface area contributed by atoms with Crippen molar-refractivity contribution in [3.05, 3.63) is 119 Å². The van der Waals surface area contributed by atoms with Crippen molar-refractivity contribution in [3.8, 4) is 17.2 Å². The third kappa shape index (κ3) is 2.96. The topological polar surface area (TPSA) is 31.4 Å². The van der Waals surface area contributed by atoms with Gasteiger partial charge in [-0.1, -0.05) is 74.5 Å². The van der Waals surface area contributed by atoms with E-state index in [9.17, 15) is 5.26 Å². The summed E-state index contributed by atoms with van der Waals surface area (Å²) < 4.78 is 0. The van der Waals surface area contributed by atoms with Crippen LogP contribution in [0.1, 0.15) is 30.5 Å². The van der Waals surface area contributed by atoms with E-state index >= 15 is 0 Å². The Balaban J connectivity index is 1.63. The number of nitriles is 1. The highest BCUT2D eigenvalue weighted by Crippen LogP contribution is 2.51. The highest BCUT2D eigenvalue weighted by Gasteiger charge is 2.36. The SMILES string of the molecule is [C-]#[N+]c1ccc(-c2ccc(N3c4ccccc4C(C)(C)c4ccccc43)cc2)c(C#N)c1. The van der Waals surface area contributed by atoms with E-state index in [1.54, 1.807) is 12.1 Å². The summed E-state index contributed by atoms with van der Waals surface area (Å²) in [4.78, 5) is 5.75. The van der Waals surface area contributed by atoms with E-state index in [1.165, 1.54) is 22.5 Å². The summed E-state index contributed by atoms with van der Waals surface area (Å²) in [6.07, 6.45) is 0. The van der Waals surface area contributed by atoms with E-state index in [1.807, 2.05) is 18.2 Å². The van der Waals surface area contributed by atoms with E-state index in [4.69, 9.17) is 6.57 Å². The van der Waals surface area contributed by atoms with Crippen LogP contribution in [0.5, 0.6) is 0 Å². The van der Waals surface area contributed by atoms with Gasteiger partial charge < -0.3 is 4.90 Å². The number of anilines is 3. The smallest absolute Gasteiger partial charge is 0.188 e. The molecule has 0 saturated heterocycles. The van der Waals surface area contributed by atoms with Crippen molar-refractivity contribution in [3.63, 3.8) is 0 Å². The van der Waals surface area contributed by atoms with Gasteiger partial charge in [-0.2, -0.15) is 5.26 Å². The van der Waals surface area contributed by atoms with Crippen molar-refractivity contribution in [2.75, 3.05) is 4.90 Å². The Hall–Kier alpha value is -4.34. The van der Waals surface area contributed by atoms with E-state index in [2.05, 4.69) is 90.3 Å². The van der Waals surface area contributed by atoms with Crippen LogP contribution in [0, 0.1) is 17.9 Å². The Labute approximate surface area is 188 Å². The number of hydrogen-bond acceptors (Lipinski definition) is 2. The molecule has 32 heavy (non-hydrogen) atoms. The third-order valence-corrected chi connectivity index (χ3v) is 6.33. The first-order valence-corrected chi connectivity index (χ1v) is 10.6. The van der Waals surface area contributed by atoms with Gasteiger partial charge in [0, 0.05) is 16.7 Å². The molecular weight excluding hydrogens is 390 g/mol. The minimum Gasteiger partial charge on any atom is -0.310 e. The lowest BCUT2D eigenvalue weighted by atomic mass is 9.73. The van der Waals surface area contributed by atoms with Gasteiger partial charge in [-0.25, -0.2) is 4.85 Å². The summed E-state index contributed by atoms with van der Waals surface area (Å²) in [7, 11) is 0. The van der Waals surface area contributed by atoms with E-state index in [0.717, 1.165) is 16.8 Å². The summed E-state index contributed by atoms with van der Waals surface area (Å²) in [5.41, 5.74) is 8.73. The number of para-hydroxylation sites is 2. The second kappa shape index (κ2) is 7.41. The molecule has 152 valence electrons. The summed E-state index contributed by atoms with van der Waals surface area (Å²) in [6.45, 7) is 11.7. The minimum absolute atomic E-state index is 0.0873. The lowest BCUT2D eigenvalue weighted by Gasteiger charge is -2.42. The van der Waals surface area contributed by atoms with Gasteiger partial charge in [0.15, 0.2) is 5.69 Å². The second-order valence-electron chi connectivity index (χ2n) is 8.50. The van der Waals surface area contributed by atoms with Gasteiger partial charge >= 0.3 is 0 Å². The molecule has 0 N–H and O–H groups in total. The lowest BCUT2D eigenvalue weighted by molar-refractivity contribution is 0.632. The molecule has 0 spiro atoms. The lowest BCUT2D eigenvalue weighted by Crippen LogP contribution is -2.30. The molecule has 0 amide bonds. The molecule has 4 aromatic carbocycles. The van der Waals surface area contributed by atoms with Gasteiger partial charge in [0.25, 0.3) is 0 Å². The molecule has 4 aromatic rings. The summed E-state index contributed by atoms with van der Waals surface area (Å²) in [5, 5.41) is 9.56. The van der Waals surface area contributed by atoms with Crippen molar-refractivity contribution < 1.29 is 0 Å². The summed E-state index contributed by atoms with van der Waals surface area (Å²) in [5.74, 6) is 0. The largest absolute Gasteiger partial charge is 0.310 e. The minimum atomic E-state index is -0.0873. The first-order valence-electron chi connectivity index (χ1n) is 10.6. The maximum absolute atomic E-state index is 9.56. The molecule has 1 aliphatic heterocycles. The highest BCUT2D eigenvalue weighted by molar-refractivity contribution is 5.86. The molecule has 0 saturated carbocycles. The normalized spacial score (nSPS) is 13.4. The molecule has 1 aliphatic rings. The first kappa shape index (κ1) is 19.6. The van der Waals surface area contributed by atoms with Crippen LogP contribution in [-0.2, 0) is 5.41 Å². The van der Waals surface area contributed by atoms with Gasteiger partial charge in [0.2, 0.25) is 0 Å². The van der Waals surface area contributed by atoms with Gasteiger partial charge in [0.05, 0.1) is 24.0 Å². The maximum atomic E-state index is 9.56. The number of benzene rings is 4. The molecule has 0 atom stereocenters. The van der Waals surface area contributed by atoms with Crippen LogP contribution >= 0.6 is 0 Å². The quantitative estimate of drug-likeness (QED) is 0.314. The first-order chi connectivity index (χ1) is 15.5. The third-order valence-electron chi connectivity index (χ3n) is 6.33. The second-order valence-corrected chi connectivity index (χ2v) is 8.50. The zero-order valence-electron chi connectivity index (χ0n) is 18.0. The van der Waals surface area contributed by atoms with Gasteiger partial charge in [-0.3, -0.25) is 0 Å². The predicted molar refractivity (Wildman–Crippen MR) is 130 cm³/mol. The van der Waals surface area contributed by atoms with Crippen molar-refractivity contribution in [1.29, 1.82) is 5.26 Å². The predicted octanol–water partition coefficient (Wildman–Crippen LogP) is 7.89. The van der Waals surface area contributed by atoms with Crippen molar-refractivity contribution in [1.82, 2.24) is 0 Å². The summed E-state index contributed by atoms with van der Waals surface area (Å²) in [6, 6.07) is 33.0. The standard InChI is InChI=1S/C29H21N3/c1-29(2)25-8-4-6-10-27(25)32(28-11-7-5-9-26(28)29)23-15-12-20(13-16-23)24-17-14-22(31-3)18-21(24)19-30/h4-18H,1-2H3. The Kier molecular flexibility index (Phi) is 4.54. The fraction of sp³-hybridized carbons (Fsp3) is 0.103. The number of hydrogen-bond donors (Lipinski definition) is 0. The molecule has 1 heterocycles. The molecule has 0 fully saturated rings. The average molecular weight is 412 g/mol. The Morgan fingerprint density at radius 1 is 0.812 bits per heavy atom. The van der Waals surface area contributed by atoms with Crippen LogP contribution in [0.3, 0.4) is 0 Å². The van der Waals surface area contributed by atoms with E-state index in [-0.39, 0.29) is 5.41 Å². The van der Waals surface area contributed by atoms with Gasteiger partial charge in [-0.05, 0) is 52.6 Å². The van der Waals surface area contributed by atoms with Crippen LogP contribution in [0.2, 0.25) is 0 Å². The van der Waals surface area contributed by atoms with Crippen LogP contribution in [-0.4, -0.2) is 0 Å². The number of nitrogens with zero attached hydrogens (tertiary/aromatic N) is 3. The zero-order chi connectivity index (χ0) is 22.3. The van der Waals surface area contributed by atoms with Gasteiger partial charge in [0.1, 0.15) is 0 Å². The number of rotatable bonds is 2. The molecule has 0 radical (unpaired) electrons. The maximum Gasteiger partial charge on any atom is 0.188 e. The fourth-order valence-corrected chi connectivity index (χ4v) is 4.68. The van der Waals surface area contributed by atoms with Crippen LogP contribution in [0.15, 0.2) is 91.0 Å².